The van der Waals surface area contributed by atoms with E-state index in [9.17, 15) is 9.90 Å². The second-order valence-electron chi connectivity index (χ2n) is 4.06. The zero-order valence-corrected chi connectivity index (χ0v) is 11.4. The van der Waals surface area contributed by atoms with E-state index in [0.29, 0.717) is 5.69 Å². The number of carbonyl (C=O) groups excluding carboxylic acids is 1. The molecule has 0 unspecified atom stereocenters. The summed E-state index contributed by atoms with van der Waals surface area (Å²) in [5, 5.41) is 10.0. The molecule has 0 saturated heterocycles. The first kappa shape index (κ1) is 12.4. The maximum absolute atomic E-state index is 12.1. The summed E-state index contributed by atoms with van der Waals surface area (Å²) in [5.41, 5.74) is 1.27. The molecule has 0 aliphatic carbocycles. The predicted molar refractivity (Wildman–Crippen MR) is 76.5 cm³/mol. The highest BCUT2D eigenvalue weighted by Crippen LogP contribution is 2.51. The van der Waals surface area contributed by atoms with Crippen molar-refractivity contribution >= 4 is 40.6 Å². The van der Waals surface area contributed by atoms with E-state index in [4.69, 9.17) is 11.6 Å². The van der Waals surface area contributed by atoms with Gasteiger partial charge in [-0.25, -0.2) is 0 Å². The van der Waals surface area contributed by atoms with Crippen LogP contribution in [0.1, 0.15) is 0 Å². The summed E-state index contributed by atoms with van der Waals surface area (Å²) in [6, 6.07) is 12.8. The fraction of sp³-hybridized carbons (Fsp3) is 0.0714. The number of alkyl halides is 1. The molecule has 19 heavy (non-hydrogen) atoms. The molecule has 1 N–H and O–H groups in total. The van der Waals surface area contributed by atoms with Gasteiger partial charge >= 0.3 is 0 Å². The van der Waals surface area contributed by atoms with E-state index in [-0.39, 0.29) is 17.5 Å². The average molecular weight is 292 g/mol. The third-order valence-corrected chi connectivity index (χ3v) is 4.23. The van der Waals surface area contributed by atoms with E-state index in [1.165, 1.54) is 16.7 Å². The van der Waals surface area contributed by atoms with E-state index in [2.05, 4.69) is 0 Å². The van der Waals surface area contributed by atoms with Crippen LogP contribution in [0.5, 0.6) is 5.75 Å². The zero-order chi connectivity index (χ0) is 13.4. The summed E-state index contributed by atoms with van der Waals surface area (Å²) in [7, 11) is 0. The SMILES string of the molecule is O=C(CCl)N1c2ccccc2Sc2cccc(O)c21. The highest BCUT2D eigenvalue weighted by molar-refractivity contribution is 7.99. The normalized spacial score (nSPS) is 12.8. The van der Waals surface area contributed by atoms with Crippen molar-refractivity contribution in [2.75, 3.05) is 10.8 Å². The molecule has 1 amide bonds. The van der Waals surface area contributed by atoms with Gasteiger partial charge in [-0.05, 0) is 24.3 Å². The lowest BCUT2D eigenvalue weighted by Crippen LogP contribution is -2.29. The Morgan fingerprint density at radius 3 is 2.68 bits per heavy atom. The first-order chi connectivity index (χ1) is 9.22. The lowest BCUT2D eigenvalue weighted by molar-refractivity contribution is -0.115. The first-order valence-corrected chi connectivity index (χ1v) is 7.05. The third kappa shape index (κ3) is 1.97. The van der Waals surface area contributed by atoms with Crippen molar-refractivity contribution in [1.29, 1.82) is 0 Å². The topological polar surface area (TPSA) is 40.5 Å². The van der Waals surface area contributed by atoms with Crippen molar-refractivity contribution in [2.45, 2.75) is 9.79 Å². The maximum Gasteiger partial charge on any atom is 0.246 e. The quantitative estimate of drug-likeness (QED) is 0.813. The van der Waals surface area contributed by atoms with Crippen LogP contribution in [0.2, 0.25) is 0 Å². The first-order valence-electron chi connectivity index (χ1n) is 5.70. The number of para-hydroxylation sites is 2. The molecule has 3 nitrogen and oxygen atoms in total. The summed E-state index contributed by atoms with van der Waals surface area (Å²) in [6.07, 6.45) is 0. The van der Waals surface area contributed by atoms with Gasteiger partial charge in [-0.15, -0.1) is 11.6 Å². The summed E-state index contributed by atoms with van der Waals surface area (Å²) in [4.78, 5) is 15.4. The Bertz CT molecular complexity index is 660. The standard InChI is InChI=1S/C14H10ClNO2S/c15-8-13(18)16-9-4-1-2-6-11(9)19-12-7-3-5-10(17)14(12)16/h1-7,17H,8H2. The second-order valence-corrected chi connectivity index (χ2v) is 5.41. The highest BCUT2D eigenvalue weighted by atomic mass is 35.5. The van der Waals surface area contributed by atoms with Gasteiger partial charge in [0.1, 0.15) is 17.3 Å². The molecule has 3 rings (SSSR count). The summed E-state index contributed by atoms with van der Waals surface area (Å²) >= 11 is 7.22. The predicted octanol–water partition coefficient (Wildman–Crippen LogP) is 3.76. The molecule has 0 saturated carbocycles. The van der Waals surface area contributed by atoms with Crippen LogP contribution < -0.4 is 4.90 Å². The number of fused-ring (bicyclic) bond motifs is 2. The Morgan fingerprint density at radius 2 is 1.89 bits per heavy atom. The lowest BCUT2D eigenvalue weighted by atomic mass is 10.2. The van der Waals surface area contributed by atoms with Gasteiger partial charge in [0.25, 0.3) is 0 Å². The van der Waals surface area contributed by atoms with Crippen LogP contribution >= 0.6 is 23.4 Å². The van der Waals surface area contributed by atoms with Gasteiger partial charge in [0.05, 0.1) is 5.69 Å². The lowest BCUT2D eigenvalue weighted by Gasteiger charge is -2.31. The molecule has 0 atom stereocenters. The summed E-state index contributed by atoms with van der Waals surface area (Å²) in [6.45, 7) is 0. The van der Waals surface area contributed by atoms with E-state index < -0.39 is 0 Å². The van der Waals surface area contributed by atoms with Gasteiger partial charge < -0.3 is 5.11 Å². The number of aromatic hydroxyl groups is 1. The molecule has 0 radical (unpaired) electrons. The minimum Gasteiger partial charge on any atom is -0.506 e. The van der Waals surface area contributed by atoms with Crippen LogP contribution in [0.3, 0.4) is 0 Å². The van der Waals surface area contributed by atoms with E-state index >= 15 is 0 Å². The Labute approximate surface area is 119 Å². The van der Waals surface area contributed by atoms with Gasteiger partial charge in [-0.2, -0.15) is 0 Å². The number of rotatable bonds is 1. The molecule has 1 aliphatic heterocycles. The molecule has 2 aromatic rings. The highest BCUT2D eigenvalue weighted by Gasteiger charge is 2.29. The Kier molecular flexibility index (Phi) is 3.12. The number of halogens is 1. The molecule has 1 aliphatic rings. The number of nitrogens with zero attached hydrogens (tertiary/aromatic N) is 1. The Balaban J connectivity index is 2.25. The average Bonchev–Trinajstić information content (AvgIpc) is 2.44. The Morgan fingerprint density at radius 1 is 1.16 bits per heavy atom. The van der Waals surface area contributed by atoms with E-state index in [1.54, 1.807) is 12.1 Å². The molecule has 1 heterocycles. The van der Waals surface area contributed by atoms with Gasteiger partial charge in [0.15, 0.2) is 0 Å². The second kappa shape index (κ2) is 4.79. The van der Waals surface area contributed by atoms with Crippen molar-refractivity contribution in [3.63, 3.8) is 0 Å². The number of phenolic OH excluding ortho intramolecular Hbond substituents is 1. The summed E-state index contributed by atoms with van der Waals surface area (Å²) in [5.74, 6) is -0.303. The number of hydrogen-bond acceptors (Lipinski definition) is 3. The van der Waals surface area contributed by atoms with Gasteiger partial charge in [-0.1, -0.05) is 30.0 Å². The van der Waals surface area contributed by atoms with Crippen molar-refractivity contribution in [3.8, 4) is 5.75 Å². The number of benzene rings is 2. The van der Waals surface area contributed by atoms with Gasteiger partial charge in [0.2, 0.25) is 5.91 Å². The van der Waals surface area contributed by atoms with Crippen LogP contribution in [0.15, 0.2) is 52.3 Å². The number of amides is 1. The molecule has 0 aromatic heterocycles. The molecule has 5 heteroatoms. The molecule has 0 bridgehead atoms. The van der Waals surface area contributed by atoms with E-state index in [0.717, 1.165) is 15.5 Å². The number of phenols is 1. The monoisotopic (exact) mass is 291 g/mol. The number of carbonyl (C=O) groups is 1. The number of hydrogen-bond donors (Lipinski definition) is 1. The summed E-state index contributed by atoms with van der Waals surface area (Å²) < 4.78 is 0. The van der Waals surface area contributed by atoms with Crippen LogP contribution in [-0.4, -0.2) is 16.9 Å². The third-order valence-electron chi connectivity index (χ3n) is 2.89. The minimum atomic E-state index is -0.253. The molecular formula is C14H10ClNO2S. The minimum absolute atomic E-state index is 0.0815. The smallest absolute Gasteiger partial charge is 0.246 e. The van der Waals surface area contributed by atoms with Crippen LogP contribution in [0, 0.1) is 0 Å². The molecule has 96 valence electrons. The zero-order valence-electron chi connectivity index (χ0n) is 9.84. The molecule has 2 aromatic carbocycles. The van der Waals surface area contributed by atoms with Gasteiger partial charge in [-0.3, -0.25) is 9.69 Å². The van der Waals surface area contributed by atoms with Crippen molar-refractivity contribution < 1.29 is 9.90 Å². The fourth-order valence-corrected chi connectivity index (χ4v) is 3.31. The van der Waals surface area contributed by atoms with E-state index in [1.807, 2.05) is 30.3 Å². The fourth-order valence-electron chi connectivity index (χ4n) is 2.10. The van der Waals surface area contributed by atoms with Crippen LogP contribution in [-0.2, 0) is 4.79 Å². The molecule has 0 fully saturated rings. The van der Waals surface area contributed by atoms with Gasteiger partial charge in [0, 0.05) is 9.79 Å². The van der Waals surface area contributed by atoms with Crippen LogP contribution in [0.4, 0.5) is 11.4 Å². The van der Waals surface area contributed by atoms with Crippen molar-refractivity contribution in [2.24, 2.45) is 0 Å². The van der Waals surface area contributed by atoms with Crippen LogP contribution in [0.25, 0.3) is 0 Å². The number of anilines is 2. The Hall–Kier alpha value is -1.65. The largest absolute Gasteiger partial charge is 0.506 e. The molecule has 0 spiro atoms. The molecular weight excluding hydrogens is 282 g/mol. The van der Waals surface area contributed by atoms with Crippen molar-refractivity contribution in [3.05, 3.63) is 42.5 Å². The van der Waals surface area contributed by atoms with Crippen molar-refractivity contribution in [1.82, 2.24) is 0 Å². The maximum atomic E-state index is 12.1.